The summed E-state index contributed by atoms with van der Waals surface area (Å²) in [6, 6.07) is 9.93. The van der Waals surface area contributed by atoms with Crippen LogP contribution in [-0.2, 0) is 20.9 Å². The van der Waals surface area contributed by atoms with E-state index < -0.39 is 0 Å². The third kappa shape index (κ3) is 7.23. The first-order valence-corrected chi connectivity index (χ1v) is 8.98. The molecular formula is C19H29N3O3. The zero-order chi connectivity index (χ0) is 17.9. The number of amides is 2. The lowest BCUT2D eigenvalue weighted by Crippen LogP contribution is -2.44. The molecule has 138 valence electrons. The highest BCUT2D eigenvalue weighted by Gasteiger charge is 2.25. The van der Waals surface area contributed by atoms with Crippen molar-refractivity contribution < 1.29 is 14.3 Å². The van der Waals surface area contributed by atoms with Gasteiger partial charge in [0.05, 0.1) is 6.54 Å². The van der Waals surface area contributed by atoms with Crippen molar-refractivity contribution in [1.82, 2.24) is 15.5 Å². The summed E-state index contributed by atoms with van der Waals surface area (Å²) in [7, 11) is 1.65. The van der Waals surface area contributed by atoms with Gasteiger partial charge in [-0.05, 0) is 37.9 Å². The number of nitrogens with one attached hydrogen (secondary N) is 2. The Morgan fingerprint density at radius 2 is 1.88 bits per heavy atom. The predicted octanol–water partition coefficient (Wildman–Crippen LogP) is 1.17. The molecule has 1 saturated heterocycles. The van der Waals surface area contributed by atoms with Crippen molar-refractivity contribution in [2.24, 2.45) is 5.92 Å². The number of piperidine rings is 1. The normalized spacial score (nSPS) is 15.7. The second-order valence-electron chi connectivity index (χ2n) is 6.45. The van der Waals surface area contributed by atoms with Gasteiger partial charge in [0.25, 0.3) is 0 Å². The van der Waals surface area contributed by atoms with Crippen LogP contribution in [0.1, 0.15) is 24.8 Å². The molecule has 2 amide bonds. The molecule has 1 aromatic rings. The van der Waals surface area contributed by atoms with E-state index in [-0.39, 0.29) is 17.7 Å². The zero-order valence-electron chi connectivity index (χ0n) is 15.0. The number of carbonyl (C=O) groups excluding carboxylic acids is 2. The molecule has 2 N–H and O–H groups in total. The van der Waals surface area contributed by atoms with E-state index in [2.05, 4.69) is 15.5 Å². The van der Waals surface area contributed by atoms with E-state index in [1.807, 2.05) is 30.3 Å². The number of nitrogens with zero attached hydrogens (tertiary/aromatic N) is 1. The molecular weight excluding hydrogens is 318 g/mol. The number of hydrogen-bond donors (Lipinski definition) is 2. The fourth-order valence-electron chi connectivity index (χ4n) is 2.99. The average Bonchev–Trinajstić information content (AvgIpc) is 2.65. The number of rotatable bonds is 9. The Bertz CT molecular complexity index is 528. The van der Waals surface area contributed by atoms with Crippen molar-refractivity contribution in [1.29, 1.82) is 0 Å². The van der Waals surface area contributed by atoms with Gasteiger partial charge in [-0.15, -0.1) is 0 Å². The molecule has 6 heteroatoms. The maximum absolute atomic E-state index is 12.3. The molecule has 1 aliphatic heterocycles. The number of methoxy groups -OCH3 is 1. The lowest BCUT2D eigenvalue weighted by molar-refractivity contribution is -0.127. The summed E-state index contributed by atoms with van der Waals surface area (Å²) in [5, 5.41) is 5.91. The van der Waals surface area contributed by atoms with E-state index in [0.717, 1.165) is 37.9 Å². The van der Waals surface area contributed by atoms with E-state index in [1.54, 1.807) is 7.11 Å². The van der Waals surface area contributed by atoms with Crippen LogP contribution in [0.2, 0.25) is 0 Å². The summed E-state index contributed by atoms with van der Waals surface area (Å²) in [5.41, 5.74) is 1.11. The molecule has 0 saturated carbocycles. The summed E-state index contributed by atoms with van der Waals surface area (Å²) in [6.45, 7) is 3.85. The van der Waals surface area contributed by atoms with Crippen molar-refractivity contribution >= 4 is 11.8 Å². The molecule has 6 nitrogen and oxygen atoms in total. The van der Waals surface area contributed by atoms with Crippen LogP contribution in [0.25, 0.3) is 0 Å². The topological polar surface area (TPSA) is 70.7 Å². The molecule has 0 bridgehead atoms. The Balaban J connectivity index is 1.62. The van der Waals surface area contributed by atoms with Crippen molar-refractivity contribution in [2.75, 3.05) is 39.9 Å². The van der Waals surface area contributed by atoms with Crippen LogP contribution < -0.4 is 10.6 Å². The molecule has 0 unspecified atom stereocenters. The molecule has 1 fully saturated rings. The molecule has 2 rings (SSSR count). The molecule has 0 radical (unpaired) electrons. The van der Waals surface area contributed by atoms with Crippen LogP contribution in [-0.4, -0.2) is 56.6 Å². The van der Waals surface area contributed by atoms with Crippen molar-refractivity contribution in [3.63, 3.8) is 0 Å². The molecule has 1 aromatic carbocycles. The zero-order valence-corrected chi connectivity index (χ0v) is 15.0. The Morgan fingerprint density at radius 1 is 1.16 bits per heavy atom. The first-order valence-electron chi connectivity index (χ1n) is 8.98. The summed E-state index contributed by atoms with van der Waals surface area (Å²) in [4.78, 5) is 26.3. The highest BCUT2D eigenvalue weighted by atomic mass is 16.5. The Hall–Kier alpha value is -1.92. The minimum Gasteiger partial charge on any atom is -0.385 e. The van der Waals surface area contributed by atoms with E-state index >= 15 is 0 Å². The second-order valence-corrected chi connectivity index (χ2v) is 6.45. The Kier molecular flexibility index (Phi) is 8.42. The number of hydrogen-bond acceptors (Lipinski definition) is 4. The van der Waals surface area contributed by atoms with Crippen molar-refractivity contribution in [2.45, 2.75) is 25.8 Å². The highest BCUT2D eigenvalue weighted by molar-refractivity contribution is 5.79. The summed E-state index contributed by atoms with van der Waals surface area (Å²) in [5.74, 6) is 0.209. The van der Waals surface area contributed by atoms with Crippen LogP contribution >= 0.6 is 0 Å². The molecule has 25 heavy (non-hydrogen) atoms. The van der Waals surface area contributed by atoms with Crippen molar-refractivity contribution in [3.8, 4) is 0 Å². The van der Waals surface area contributed by atoms with E-state index in [9.17, 15) is 9.59 Å². The second kappa shape index (κ2) is 10.8. The van der Waals surface area contributed by atoms with E-state index in [1.165, 1.54) is 0 Å². The van der Waals surface area contributed by atoms with E-state index in [0.29, 0.717) is 26.2 Å². The van der Waals surface area contributed by atoms with Gasteiger partial charge in [0, 0.05) is 32.7 Å². The minimum absolute atomic E-state index is 0.0445. The molecule has 0 atom stereocenters. The largest absolute Gasteiger partial charge is 0.385 e. The first kappa shape index (κ1) is 19.4. The van der Waals surface area contributed by atoms with Gasteiger partial charge in [-0.25, -0.2) is 0 Å². The molecule has 1 aliphatic rings. The highest BCUT2D eigenvalue weighted by Crippen LogP contribution is 2.17. The Labute approximate surface area is 149 Å². The average molecular weight is 347 g/mol. The quantitative estimate of drug-likeness (QED) is 0.658. The lowest BCUT2D eigenvalue weighted by Gasteiger charge is -2.30. The van der Waals surface area contributed by atoms with Crippen LogP contribution in [0, 0.1) is 5.92 Å². The monoisotopic (exact) mass is 347 g/mol. The number of likely N-dealkylation sites (tertiary alicyclic amines) is 1. The smallest absolute Gasteiger partial charge is 0.234 e. The van der Waals surface area contributed by atoms with Gasteiger partial charge in [0.1, 0.15) is 0 Å². The fourth-order valence-corrected chi connectivity index (χ4v) is 2.99. The SMILES string of the molecule is COCCCNC(=O)CN1CCC(C(=O)NCc2ccccc2)CC1. The summed E-state index contributed by atoms with van der Waals surface area (Å²) < 4.78 is 4.96. The van der Waals surface area contributed by atoms with Gasteiger partial charge in [0.2, 0.25) is 11.8 Å². The summed E-state index contributed by atoms with van der Waals surface area (Å²) in [6.07, 6.45) is 2.43. The van der Waals surface area contributed by atoms with Crippen LogP contribution in [0.4, 0.5) is 0 Å². The number of ether oxygens (including phenoxy) is 1. The molecule has 1 heterocycles. The van der Waals surface area contributed by atoms with Gasteiger partial charge in [0.15, 0.2) is 0 Å². The lowest BCUT2D eigenvalue weighted by atomic mass is 9.96. The van der Waals surface area contributed by atoms with Crippen LogP contribution in [0.15, 0.2) is 30.3 Å². The number of benzene rings is 1. The van der Waals surface area contributed by atoms with Crippen LogP contribution in [0.3, 0.4) is 0 Å². The minimum atomic E-state index is 0.0445. The van der Waals surface area contributed by atoms with Crippen molar-refractivity contribution in [3.05, 3.63) is 35.9 Å². The Morgan fingerprint density at radius 3 is 2.56 bits per heavy atom. The van der Waals surface area contributed by atoms with Gasteiger partial charge in [-0.2, -0.15) is 0 Å². The third-order valence-electron chi connectivity index (χ3n) is 4.48. The standard InChI is InChI=1S/C19H29N3O3/c1-25-13-5-10-20-18(23)15-22-11-8-17(9-12-22)19(24)21-14-16-6-3-2-4-7-16/h2-4,6-7,17H,5,8-15H2,1H3,(H,20,23)(H,21,24). The van der Waals surface area contributed by atoms with Gasteiger partial charge >= 0.3 is 0 Å². The molecule has 0 aliphatic carbocycles. The summed E-state index contributed by atoms with van der Waals surface area (Å²) >= 11 is 0. The van der Waals surface area contributed by atoms with Crippen LogP contribution in [0.5, 0.6) is 0 Å². The van der Waals surface area contributed by atoms with E-state index in [4.69, 9.17) is 4.74 Å². The third-order valence-corrected chi connectivity index (χ3v) is 4.48. The first-order chi connectivity index (χ1) is 12.2. The van der Waals surface area contributed by atoms with Gasteiger partial charge in [-0.1, -0.05) is 30.3 Å². The maximum Gasteiger partial charge on any atom is 0.234 e. The number of carbonyl (C=O) groups is 2. The maximum atomic E-state index is 12.3. The predicted molar refractivity (Wildman–Crippen MR) is 97.0 cm³/mol. The molecule has 0 spiro atoms. The van der Waals surface area contributed by atoms with Gasteiger partial charge in [-0.3, -0.25) is 14.5 Å². The fraction of sp³-hybridized carbons (Fsp3) is 0.579. The molecule has 0 aromatic heterocycles. The van der Waals surface area contributed by atoms with Gasteiger partial charge < -0.3 is 15.4 Å².